The summed E-state index contributed by atoms with van der Waals surface area (Å²) < 4.78 is 11.1. The normalized spacial score (nSPS) is 14.0. The smallest absolute Gasteiger partial charge is 0.264 e. The summed E-state index contributed by atoms with van der Waals surface area (Å²) in [7, 11) is 3.05. The van der Waals surface area contributed by atoms with Gasteiger partial charge in [-0.25, -0.2) is 0 Å². The molecule has 196 valence electrons. The number of likely N-dealkylation sites (tertiary alicyclic amines) is 1. The topological polar surface area (TPSA) is 112 Å². The number of methoxy groups -OCH3 is 2. The Morgan fingerprint density at radius 1 is 1.03 bits per heavy atom. The molecule has 0 spiro atoms. The molecule has 0 bridgehead atoms. The van der Waals surface area contributed by atoms with Crippen molar-refractivity contribution in [3.05, 3.63) is 69.6 Å². The number of carbonyl (C=O) groups is 1. The molecule has 0 unspecified atom stereocenters. The van der Waals surface area contributed by atoms with E-state index < -0.39 is 11.5 Å². The van der Waals surface area contributed by atoms with E-state index in [-0.39, 0.29) is 23.0 Å². The molecular formula is C29H34N2O6. The van der Waals surface area contributed by atoms with Crippen LogP contribution in [-0.4, -0.2) is 53.3 Å². The molecule has 3 aromatic rings. The van der Waals surface area contributed by atoms with E-state index in [4.69, 9.17) is 9.47 Å². The van der Waals surface area contributed by atoms with E-state index in [0.717, 1.165) is 18.4 Å². The van der Waals surface area contributed by atoms with Crippen molar-refractivity contribution in [1.82, 2.24) is 9.88 Å². The highest BCUT2D eigenvalue weighted by molar-refractivity contribution is 6.00. The Morgan fingerprint density at radius 3 is 2.27 bits per heavy atom. The number of rotatable bonds is 8. The molecule has 4 rings (SSSR count). The van der Waals surface area contributed by atoms with Crippen LogP contribution >= 0.6 is 0 Å². The maximum atomic E-state index is 13.6. The number of H-pyrrole nitrogens is 1. The summed E-state index contributed by atoms with van der Waals surface area (Å²) in [5, 5.41) is 21.3. The summed E-state index contributed by atoms with van der Waals surface area (Å²) in [6, 6.07) is 12.4. The van der Waals surface area contributed by atoms with E-state index in [1.54, 1.807) is 35.2 Å². The summed E-state index contributed by atoms with van der Waals surface area (Å²) in [4.78, 5) is 31.3. The zero-order chi connectivity index (χ0) is 26.5. The Bertz CT molecular complexity index is 1300. The van der Waals surface area contributed by atoms with Crippen LogP contribution in [0.1, 0.15) is 60.1 Å². The third kappa shape index (κ3) is 5.28. The summed E-state index contributed by atoms with van der Waals surface area (Å²) in [5.74, 6) is 0.473. The predicted molar refractivity (Wildman–Crippen MR) is 142 cm³/mol. The fourth-order valence-electron chi connectivity index (χ4n) is 5.10. The Kier molecular flexibility index (Phi) is 8.06. The van der Waals surface area contributed by atoms with Gasteiger partial charge in [-0.1, -0.05) is 31.5 Å². The largest absolute Gasteiger partial charge is 0.508 e. The molecule has 1 aliphatic rings. The summed E-state index contributed by atoms with van der Waals surface area (Å²) in [6.45, 7) is 2.91. The fraction of sp³-hybridized carbons (Fsp3) is 0.379. The Morgan fingerprint density at radius 2 is 1.68 bits per heavy atom. The van der Waals surface area contributed by atoms with Gasteiger partial charge >= 0.3 is 0 Å². The first-order chi connectivity index (χ1) is 17.9. The van der Waals surface area contributed by atoms with E-state index in [0.29, 0.717) is 60.7 Å². The standard InChI is InChI=1S/C29H34N2O6/c1-4-5-10-21-24(25-22(36-2)11-7-12-23(25)37-3)27(33)26(28(34)30-21)29(35)31-15-13-18(14-16-31)19-8-6-9-20(32)17-19/h6-9,11-12,17-18,32H,4-5,10,13-16H2,1-3H3,(H2,30,33,34). The predicted octanol–water partition coefficient (Wildman–Crippen LogP) is 4.83. The van der Waals surface area contributed by atoms with Gasteiger partial charge in [0, 0.05) is 18.8 Å². The number of carbonyl (C=O) groups excluding carboxylic acids is 1. The maximum absolute atomic E-state index is 13.6. The van der Waals surface area contributed by atoms with Crippen molar-refractivity contribution in [2.45, 2.75) is 44.9 Å². The molecule has 0 saturated carbocycles. The fourth-order valence-corrected chi connectivity index (χ4v) is 5.10. The average molecular weight is 507 g/mol. The Hall–Kier alpha value is -3.94. The van der Waals surface area contributed by atoms with Gasteiger partial charge in [-0.05, 0) is 61.4 Å². The number of aromatic amines is 1. The zero-order valence-corrected chi connectivity index (χ0v) is 21.5. The van der Waals surface area contributed by atoms with E-state index in [2.05, 4.69) is 4.98 Å². The maximum Gasteiger partial charge on any atom is 0.264 e. The van der Waals surface area contributed by atoms with Gasteiger partial charge in [0.25, 0.3) is 11.5 Å². The number of aromatic nitrogens is 1. The van der Waals surface area contributed by atoms with Gasteiger partial charge in [-0.3, -0.25) is 9.59 Å². The number of phenols is 1. The van der Waals surface area contributed by atoms with Crippen LogP contribution in [-0.2, 0) is 6.42 Å². The molecule has 1 fully saturated rings. The minimum Gasteiger partial charge on any atom is -0.508 e. The van der Waals surface area contributed by atoms with Gasteiger partial charge < -0.3 is 29.6 Å². The number of hydrogen-bond donors (Lipinski definition) is 3. The first-order valence-corrected chi connectivity index (χ1v) is 12.7. The highest BCUT2D eigenvalue weighted by Gasteiger charge is 2.31. The van der Waals surface area contributed by atoms with Crippen molar-refractivity contribution in [2.24, 2.45) is 0 Å². The highest BCUT2D eigenvalue weighted by atomic mass is 16.5. The molecule has 8 nitrogen and oxygen atoms in total. The molecule has 2 heterocycles. The molecule has 8 heteroatoms. The minimum atomic E-state index is -0.610. The molecule has 0 radical (unpaired) electrons. The van der Waals surface area contributed by atoms with Gasteiger partial charge in [0.05, 0.1) is 25.3 Å². The first kappa shape index (κ1) is 26.1. The van der Waals surface area contributed by atoms with E-state index in [1.165, 1.54) is 14.2 Å². The number of unbranched alkanes of at least 4 members (excludes halogenated alkanes) is 1. The molecule has 0 atom stereocenters. The monoisotopic (exact) mass is 506 g/mol. The number of hydrogen-bond acceptors (Lipinski definition) is 6. The molecule has 0 aliphatic carbocycles. The van der Waals surface area contributed by atoms with Crippen LogP contribution < -0.4 is 15.0 Å². The minimum absolute atomic E-state index is 0.202. The van der Waals surface area contributed by atoms with E-state index >= 15 is 0 Å². The molecule has 1 aromatic heterocycles. The van der Waals surface area contributed by atoms with Crippen LogP contribution in [0.25, 0.3) is 11.1 Å². The van der Waals surface area contributed by atoms with Crippen molar-refractivity contribution >= 4 is 5.91 Å². The molecule has 1 aliphatic heterocycles. The highest BCUT2D eigenvalue weighted by Crippen LogP contribution is 2.45. The van der Waals surface area contributed by atoms with Crippen molar-refractivity contribution < 1.29 is 24.5 Å². The van der Waals surface area contributed by atoms with Crippen LogP contribution in [0.5, 0.6) is 23.0 Å². The molecular weight excluding hydrogens is 472 g/mol. The lowest BCUT2D eigenvalue weighted by atomic mass is 9.89. The third-order valence-electron chi connectivity index (χ3n) is 7.06. The van der Waals surface area contributed by atoms with E-state index in [9.17, 15) is 19.8 Å². The van der Waals surface area contributed by atoms with Gasteiger partial charge in [0.2, 0.25) is 0 Å². The van der Waals surface area contributed by atoms with Crippen LogP contribution in [0, 0.1) is 0 Å². The lowest BCUT2D eigenvalue weighted by molar-refractivity contribution is 0.0708. The number of ether oxygens (including phenoxy) is 2. The number of phenolic OH excluding ortho intramolecular Hbond substituents is 1. The average Bonchev–Trinajstić information content (AvgIpc) is 2.91. The van der Waals surface area contributed by atoms with Crippen LogP contribution in [0.15, 0.2) is 47.3 Å². The molecule has 1 saturated heterocycles. The molecule has 1 amide bonds. The van der Waals surface area contributed by atoms with Crippen molar-refractivity contribution in [2.75, 3.05) is 27.3 Å². The van der Waals surface area contributed by atoms with Crippen molar-refractivity contribution in [1.29, 1.82) is 0 Å². The third-order valence-corrected chi connectivity index (χ3v) is 7.06. The van der Waals surface area contributed by atoms with Crippen molar-refractivity contribution in [3.63, 3.8) is 0 Å². The second-order valence-electron chi connectivity index (χ2n) is 9.33. The number of piperidine rings is 1. The number of benzene rings is 2. The summed E-state index contributed by atoms with van der Waals surface area (Å²) in [5.41, 5.74) is 1.51. The first-order valence-electron chi connectivity index (χ1n) is 12.7. The second kappa shape index (κ2) is 11.4. The number of aryl methyl sites for hydroxylation is 1. The lowest BCUT2D eigenvalue weighted by Crippen LogP contribution is -2.40. The molecule has 2 aromatic carbocycles. The number of pyridine rings is 1. The Labute approximate surface area is 216 Å². The number of nitrogens with zero attached hydrogens (tertiary/aromatic N) is 1. The van der Waals surface area contributed by atoms with Gasteiger partial charge in [0.15, 0.2) is 0 Å². The summed E-state index contributed by atoms with van der Waals surface area (Å²) >= 11 is 0. The van der Waals surface area contributed by atoms with Gasteiger partial charge in [-0.2, -0.15) is 0 Å². The molecule has 3 N–H and O–H groups in total. The van der Waals surface area contributed by atoms with Crippen LogP contribution in [0.3, 0.4) is 0 Å². The molecule has 37 heavy (non-hydrogen) atoms. The number of aromatic hydroxyl groups is 2. The van der Waals surface area contributed by atoms with Crippen molar-refractivity contribution in [3.8, 4) is 34.1 Å². The quantitative estimate of drug-likeness (QED) is 0.403. The second-order valence-corrected chi connectivity index (χ2v) is 9.33. The van der Waals surface area contributed by atoms with Gasteiger partial charge in [-0.15, -0.1) is 0 Å². The summed E-state index contributed by atoms with van der Waals surface area (Å²) in [6.07, 6.45) is 3.57. The SMILES string of the molecule is CCCCc1[nH]c(=O)c(C(=O)N2CCC(c3cccc(O)c3)CC2)c(O)c1-c1c(OC)cccc1OC. The Balaban J connectivity index is 1.72. The number of nitrogens with one attached hydrogen (secondary N) is 1. The van der Waals surface area contributed by atoms with Gasteiger partial charge in [0.1, 0.15) is 28.6 Å². The lowest BCUT2D eigenvalue weighted by Gasteiger charge is -2.32. The number of amides is 1. The van der Waals surface area contributed by atoms with E-state index in [1.807, 2.05) is 19.1 Å². The van der Waals surface area contributed by atoms with Crippen LogP contribution in [0.2, 0.25) is 0 Å². The van der Waals surface area contributed by atoms with Crippen LogP contribution in [0.4, 0.5) is 0 Å². The zero-order valence-electron chi connectivity index (χ0n) is 21.5.